The summed E-state index contributed by atoms with van der Waals surface area (Å²) >= 11 is 0. The minimum atomic E-state index is 0. The Morgan fingerprint density at radius 1 is 0.750 bits per heavy atom. The Morgan fingerprint density at radius 3 is 0.750 bits per heavy atom. The molecule has 0 atom stereocenters. The fraction of sp³-hybridized carbons (Fsp3) is 1.00. The average molecular weight is 137 g/mol. The molecule has 3 heteroatoms. The quantitative estimate of drug-likeness (QED) is 0.443. The van der Waals surface area contributed by atoms with Crippen molar-refractivity contribution < 1.29 is 21.7 Å². The Kier molecular flexibility index (Phi) is 405. The summed E-state index contributed by atoms with van der Waals surface area (Å²) in [7, 11) is 0. The summed E-state index contributed by atoms with van der Waals surface area (Å²) < 4.78 is 0. The van der Waals surface area contributed by atoms with Gasteiger partial charge in [0, 0.05) is 21.7 Å². The van der Waals surface area contributed by atoms with Gasteiger partial charge in [0.05, 0.1) is 0 Å². The van der Waals surface area contributed by atoms with E-state index in [-0.39, 0.29) is 54.0 Å². The van der Waals surface area contributed by atoms with Crippen LogP contribution < -0.4 is 0 Å². The molecule has 0 heterocycles. The second-order valence-corrected chi connectivity index (χ2v) is 0. The first-order chi connectivity index (χ1) is 0. The van der Waals surface area contributed by atoms with E-state index in [9.17, 15) is 0 Å². The molecule has 0 bridgehead atoms. The third-order valence-electron chi connectivity index (χ3n) is 0. The Hall–Kier alpha value is 1.29. The van der Waals surface area contributed by atoms with Crippen molar-refractivity contribution in [3.8, 4) is 0 Å². The smallest absolute Gasteiger partial charge is 0 e. The molecule has 0 aromatic heterocycles. The molecule has 0 nitrogen and oxygen atoms in total. The summed E-state index contributed by atoms with van der Waals surface area (Å²) in [5, 5.41) is 0. The maximum atomic E-state index is 0. The van der Waals surface area contributed by atoms with Gasteiger partial charge in [-0.25, -0.2) is 0 Å². The summed E-state index contributed by atoms with van der Waals surface area (Å²) in [6, 6.07) is 0. The van der Waals surface area contributed by atoms with E-state index < -0.39 is 0 Å². The van der Waals surface area contributed by atoms with Crippen LogP contribution in [-0.4, -0.2) is 0 Å². The van der Waals surface area contributed by atoms with E-state index in [4.69, 9.17) is 0 Å². The van der Waals surface area contributed by atoms with Crippen molar-refractivity contribution in [2.45, 2.75) is 7.43 Å². The van der Waals surface area contributed by atoms with Crippen molar-refractivity contribution in [2.75, 3.05) is 0 Å². The monoisotopic (exact) mass is 136 g/mol. The Morgan fingerprint density at radius 2 is 0.750 bits per heavy atom. The first-order valence-electron chi connectivity index (χ1n) is 0. The number of hydrogen-bond donors (Lipinski definition) is 0. The SMILES string of the molecule is C.Cl.Cl.[Ti]. The van der Waals surface area contributed by atoms with Crippen LogP contribution in [0.3, 0.4) is 0 Å². The van der Waals surface area contributed by atoms with E-state index in [2.05, 4.69) is 0 Å². The van der Waals surface area contributed by atoms with Gasteiger partial charge in [0.2, 0.25) is 0 Å². The van der Waals surface area contributed by atoms with Gasteiger partial charge >= 0.3 is 0 Å². The van der Waals surface area contributed by atoms with Gasteiger partial charge in [0.25, 0.3) is 0 Å². The van der Waals surface area contributed by atoms with E-state index in [0.717, 1.165) is 0 Å². The van der Waals surface area contributed by atoms with E-state index in [1.54, 1.807) is 0 Å². The van der Waals surface area contributed by atoms with Crippen molar-refractivity contribution in [3.05, 3.63) is 0 Å². The summed E-state index contributed by atoms with van der Waals surface area (Å²) in [4.78, 5) is 0. The first-order valence-corrected chi connectivity index (χ1v) is 0. The molecule has 4 heavy (non-hydrogen) atoms. The second-order valence-electron chi connectivity index (χ2n) is 0. The normalized spacial score (nSPS) is 0. The van der Waals surface area contributed by atoms with Gasteiger partial charge in [-0.1, -0.05) is 7.43 Å². The van der Waals surface area contributed by atoms with Crippen molar-refractivity contribution in [3.63, 3.8) is 0 Å². The van der Waals surface area contributed by atoms with Gasteiger partial charge in [-0.2, -0.15) is 0 Å². The third kappa shape index (κ3) is 10.4. The number of hydrogen-bond acceptors (Lipinski definition) is 0. The van der Waals surface area contributed by atoms with Crippen LogP contribution in [0, 0.1) is 0 Å². The van der Waals surface area contributed by atoms with Gasteiger partial charge in [0.1, 0.15) is 0 Å². The molecule has 0 radical (unpaired) electrons. The summed E-state index contributed by atoms with van der Waals surface area (Å²) in [6.45, 7) is 0. The molecule has 0 aromatic carbocycles. The molecule has 0 unspecified atom stereocenters. The molecular formula is CH6Cl2Ti. The van der Waals surface area contributed by atoms with Gasteiger partial charge in [0.15, 0.2) is 0 Å². The molecule has 0 N–H and O–H groups in total. The second kappa shape index (κ2) is 27.8. The van der Waals surface area contributed by atoms with Crippen LogP contribution >= 0.6 is 24.8 Å². The maximum absolute atomic E-state index is 0. The molecule has 0 amide bonds. The predicted octanol–water partition coefficient (Wildman–Crippen LogP) is 1.48. The number of halogens is 2. The largest absolute Gasteiger partial charge is 0.147 e. The standard InChI is InChI=1S/CH4.2ClH.Ti/h1H4;2*1H;. The van der Waals surface area contributed by atoms with Crippen LogP contribution in [0.25, 0.3) is 0 Å². The van der Waals surface area contributed by atoms with Gasteiger partial charge in [-0.15, -0.1) is 24.8 Å². The van der Waals surface area contributed by atoms with Gasteiger partial charge in [-0.05, 0) is 0 Å². The Labute approximate surface area is 54.1 Å². The van der Waals surface area contributed by atoms with E-state index in [1.165, 1.54) is 0 Å². The van der Waals surface area contributed by atoms with Crippen molar-refractivity contribution in [1.82, 2.24) is 0 Å². The molecule has 28 valence electrons. The van der Waals surface area contributed by atoms with Crippen LogP contribution in [0.5, 0.6) is 0 Å². The van der Waals surface area contributed by atoms with E-state index >= 15 is 0 Å². The molecule has 0 fully saturated rings. The minimum absolute atomic E-state index is 0. The zero-order chi connectivity index (χ0) is 0. The average Bonchev–Trinajstić information content (AvgIpc) is 0. The summed E-state index contributed by atoms with van der Waals surface area (Å²) in [6.07, 6.45) is 0. The predicted molar refractivity (Wildman–Crippen MR) is 21.2 cm³/mol. The van der Waals surface area contributed by atoms with Gasteiger partial charge in [-0.3, -0.25) is 0 Å². The molecule has 0 saturated carbocycles. The molecule has 0 spiro atoms. The maximum Gasteiger partial charge on any atom is 0 e. The minimum Gasteiger partial charge on any atom is -0.147 e. The molecule has 0 aliphatic rings. The number of rotatable bonds is 0. The van der Waals surface area contributed by atoms with Crippen LogP contribution in [-0.2, 0) is 21.7 Å². The van der Waals surface area contributed by atoms with Gasteiger partial charge < -0.3 is 0 Å². The summed E-state index contributed by atoms with van der Waals surface area (Å²) in [5.74, 6) is 0. The van der Waals surface area contributed by atoms with Crippen LogP contribution in [0.2, 0.25) is 0 Å². The molecule has 0 saturated heterocycles. The zero-order valence-electron chi connectivity index (χ0n) is 1.32. The zero-order valence-corrected chi connectivity index (χ0v) is 4.51. The topological polar surface area (TPSA) is 0 Å². The summed E-state index contributed by atoms with van der Waals surface area (Å²) in [5.41, 5.74) is 0. The van der Waals surface area contributed by atoms with Crippen LogP contribution in [0.4, 0.5) is 0 Å². The molecule has 0 rings (SSSR count). The fourth-order valence-corrected chi connectivity index (χ4v) is 0. The van der Waals surface area contributed by atoms with Crippen molar-refractivity contribution >= 4 is 24.8 Å². The third-order valence-corrected chi connectivity index (χ3v) is 0. The molecule has 0 aromatic rings. The van der Waals surface area contributed by atoms with E-state index in [0.29, 0.717) is 0 Å². The van der Waals surface area contributed by atoms with Crippen molar-refractivity contribution in [1.29, 1.82) is 0 Å². The van der Waals surface area contributed by atoms with Crippen molar-refractivity contribution in [2.24, 2.45) is 0 Å². The van der Waals surface area contributed by atoms with Crippen LogP contribution in [0.1, 0.15) is 7.43 Å². The first kappa shape index (κ1) is 58.3. The molecule has 0 aliphatic heterocycles. The molecule has 0 aliphatic carbocycles. The van der Waals surface area contributed by atoms with Crippen LogP contribution in [0.15, 0.2) is 0 Å². The fourth-order valence-electron chi connectivity index (χ4n) is 0. The van der Waals surface area contributed by atoms with E-state index in [1.807, 2.05) is 0 Å². The molecular weight excluding hydrogens is 131 g/mol. The Bertz CT molecular complexity index is 6.00. The Balaban J connectivity index is 0.